The summed E-state index contributed by atoms with van der Waals surface area (Å²) in [6.45, 7) is 3.33. The first-order valence-electron chi connectivity index (χ1n) is 7.19. The van der Waals surface area contributed by atoms with Crippen LogP contribution < -0.4 is 4.72 Å². The van der Waals surface area contributed by atoms with E-state index < -0.39 is 39.3 Å². The Balaban J connectivity index is 2.42. The molecule has 0 radical (unpaired) electrons. The summed E-state index contributed by atoms with van der Waals surface area (Å²) in [4.78, 5) is 11.1. The lowest BCUT2D eigenvalue weighted by atomic mass is 9.99. The van der Waals surface area contributed by atoms with E-state index in [0.717, 1.165) is 24.3 Å². The van der Waals surface area contributed by atoms with Gasteiger partial charge in [-0.3, -0.25) is 0 Å². The Bertz CT molecular complexity index is 907. The monoisotopic (exact) mass is 385 g/mol. The Labute approximate surface area is 147 Å². The van der Waals surface area contributed by atoms with Gasteiger partial charge in [0.1, 0.15) is 0 Å². The summed E-state index contributed by atoms with van der Waals surface area (Å²) in [5.41, 5.74) is -1.44. The lowest BCUT2D eigenvalue weighted by molar-refractivity contribution is -0.137. The van der Waals surface area contributed by atoms with Gasteiger partial charge in [0.25, 0.3) is 0 Å². The van der Waals surface area contributed by atoms with Crippen molar-refractivity contribution in [2.75, 3.05) is 0 Å². The third-order valence-electron chi connectivity index (χ3n) is 3.52. The Kier molecular flexibility index (Phi) is 5.53. The quantitative estimate of drug-likeness (QED) is 0.747. The van der Waals surface area contributed by atoms with Crippen LogP contribution in [0.3, 0.4) is 0 Å². The largest absolute Gasteiger partial charge is 0.478 e. The molecule has 0 bridgehead atoms. The summed E-state index contributed by atoms with van der Waals surface area (Å²) in [5, 5.41) is 9.15. The van der Waals surface area contributed by atoms with E-state index in [-0.39, 0.29) is 10.5 Å². The summed E-state index contributed by atoms with van der Waals surface area (Å²) in [6, 6.07) is 9.24. The van der Waals surface area contributed by atoms with E-state index in [1.165, 1.54) is 24.3 Å². The van der Waals surface area contributed by atoms with E-state index in [2.05, 4.69) is 11.3 Å². The van der Waals surface area contributed by atoms with Gasteiger partial charge in [0, 0.05) is 0 Å². The molecule has 26 heavy (non-hydrogen) atoms. The lowest BCUT2D eigenvalue weighted by Gasteiger charge is -2.20. The molecule has 0 aromatic heterocycles. The van der Waals surface area contributed by atoms with Gasteiger partial charge in [-0.25, -0.2) is 13.2 Å². The number of hydrogen-bond acceptors (Lipinski definition) is 3. The maximum atomic E-state index is 12.7. The van der Waals surface area contributed by atoms with E-state index in [1.54, 1.807) is 6.07 Å². The van der Waals surface area contributed by atoms with E-state index in [1.807, 2.05) is 0 Å². The molecule has 2 rings (SSSR count). The number of carboxylic acids is 1. The minimum atomic E-state index is -4.57. The van der Waals surface area contributed by atoms with Crippen molar-refractivity contribution >= 4 is 16.0 Å². The van der Waals surface area contributed by atoms with Crippen molar-refractivity contribution in [2.24, 2.45) is 0 Å². The van der Waals surface area contributed by atoms with Gasteiger partial charge < -0.3 is 5.11 Å². The molecule has 2 aromatic carbocycles. The molecule has 2 N–H and O–H groups in total. The number of alkyl halides is 3. The molecular formula is C17H14F3NO4S. The summed E-state index contributed by atoms with van der Waals surface area (Å²) in [5.74, 6) is -1.48. The molecule has 5 nitrogen and oxygen atoms in total. The van der Waals surface area contributed by atoms with Crippen LogP contribution in [0.5, 0.6) is 0 Å². The van der Waals surface area contributed by atoms with Crippen LogP contribution in [-0.2, 0) is 21.0 Å². The standard InChI is InChI=1S/C17H14F3NO4S/c1-11(16(22)23)15(12-7-9-13(10-8-12)17(18,19)20)21-26(24,25)14-5-3-2-4-6-14/h2-10,15,21H,1H2,(H,22,23). The van der Waals surface area contributed by atoms with Gasteiger partial charge in [0.2, 0.25) is 10.0 Å². The molecule has 0 aliphatic rings. The molecular weight excluding hydrogens is 371 g/mol. The molecule has 0 amide bonds. The van der Waals surface area contributed by atoms with E-state index >= 15 is 0 Å². The number of nitrogens with one attached hydrogen (secondary N) is 1. The summed E-state index contributed by atoms with van der Waals surface area (Å²) in [7, 11) is -4.12. The van der Waals surface area contributed by atoms with Crippen molar-refractivity contribution in [2.45, 2.75) is 17.1 Å². The third kappa shape index (κ3) is 4.50. The number of benzene rings is 2. The number of carboxylic acid groups (broad SMARTS) is 1. The highest BCUT2D eigenvalue weighted by Crippen LogP contribution is 2.31. The normalized spacial score (nSPS) is 13.2. The topological polar surface area (TPSA) is 83.5 Å². The van der Waals surface area contributed by atoms with Gasteiger partial charge in [-0.1, -0.05) is 36.9 Å². The van der Waals surface area contributed by atoms with Crippen molar-refractivity contribution in [3.05, 3.63) is 77.9 Å². The van der Waals surface area contributed by atoms with Crippen molar-refractivity contribution in [1.29, 1.82) is 0 Å². The fourth-order valence-corrected chi connectivity index (χ4v) is 3.39. The van der Waals surface area contributed by atoms with Crippen LogP contribution >= 0.6 is 0 Å². The molecule has 0 spiro atoms. The number of rotatable bonds is 6. The number of sulfonamides is 1. The van der Waals surface area contributed by atoms with E-state index in [4.69, 9.17) is 5.11 Å². The van der Waals surface area contributed by atoms with Crippen molar-refractivity contribution in [3.63, 3.8) is 0 Å². The Morgan fingerprint density at radius 3 is 2.04 bits per heavy atom. The summed E-state index contributed by atoms with van der Waals surface area (Å²) in [6.07, 6.45) is -4.57. The highest BCUT2D eigenvalue weighted by atomic mass is 32.2. The maximum absolute atomic E-state index is 12.7. The van der Waals surface area contributed by atoms with E-state index in [9.17, 15) is 26.4 Å². The molecule has 9 heteroatoms. The zero-order chi connectivity index (χ0) is 19.5. The second-order valence-electron chi connectivity index (χ2n) is 5.32. The fraction of sp³-hybridized carbons (Fsp3) is 0.118. The van der Waals surface area contributed by atoms with Gasteiger partial charge >= 0.3 is 12.1 Å². The molecule has 1 atom stereocenters. The fourth-order valence-electron chi connectivity index (χ4n) is 2.15. The van der Waals surface area contributed by atoms with Gasteiger partial charge in [-0.2, -0.15) is 17.9 Å². The molecule has 0 saturated carbocycles. The number of halogens is 3. The maximum Gasteiger partial charge on any atom is 0.416 e. The molecule has 1 unspecified atom stereocenters. The minimum Gasteiger partial charge on any atom is -0.478 e. The molecule has 0 aliphatic heterocycles. The average Bonchev–Trinajstić information content (AvgIpc) is 2.59. The van der Waals surface area contributed by atoms with Gasteiger partial charge in [0.15, 0.2) is 0 Å². The molecule has 138 valence electrons. The number of aliphatic carboxylic acids is 1. The van der Waals surface area contributed by atoms with Crippen LogP contribution in [0, 0.1) is 0 Å². The van der Waals surface area contributed by atoms with Crippen LogP contribution in [-0.4, -0.2) is 19.5 Å². The predicted octanol–water partition coefficient (Wildman–Crippen LogP) is 3.37. The second kappa shape index (κ2) is 7.30. The first kappa shape index (κ1) is 19.7. The first-order chi connectivity index (χ1) is 12.0. The number of hydrogen-bond donors (Lipinski definition) is 2. The van der Waals surface area contributed by atoms with Crippen LogP contribution in [0.1, 0.15) is 17.2 Å². The SMILES string of the molecule is C=C(C(=O)O)C(NS(=O)(=O)c1ccccc1)c1ccc(C(F)(F)F)cc1. The van der Waals surface area contributed by atoms with Crippen LogP contribution in [0.2, 0.25) is 0 Å². The Hall–Kier alpha value is -2.65. The number of carbonyl (C=O) groups is 1. The molecule has 0 saturated heterocycles. The lowest BCUT2D eigenvalue weighted by Crippen LogP contribution is -2.31. The van der Waals surface area contributed by atoms with Crippen molar-refractivity contribution < 1.29 is 31.5 Å². The van der Waals surface area contributed by atoms with Crippen molar-refractivity contribution in [3.8, 4) is 0 Å². The zero-order valence-electron chi connectivity index (χ0n) is 13.2. The van der Waals surface area contributed by atoms with Crippen LogP contribution in [0.4, 0.5) is 13.2 Å². The van der Waals surface area contributed by atoms with Gasteiger partial charge in [0.05, 0.1) is 22.1 Å². The molecule has 2 aromatic rings. The Morgan fingerprint density at radius 2 is 1.58 bits per heavy atom. The van der Waals surface area contributed by atoms with Crippen molar-refractivity contribution in [1.82, 2.24) is 4.72 Å². The molecule has 0 fully saturated rings. The zero-order valence-corrected chi connectivity index (χ0v) is 14.0. The first-order valence-corrected chi connectivity index (χ1v) is 8.67. The molecule has 0 heterocycles. The van der Waals surface area contributed by atoms with Gasteiger partial charge in [-0.15, -0.1) is 0 Å². The average molecular weight is 385 g/mol. The predicted molar refractivity (Wildman–Crippen MR) is 87.7 cm³/mol. The minimum absolute atomic E-state index is 0.0184. The second-order valence-corrected chi connectivity index (χ2v) is 7.03. The highest BCUT2D eigenvalue weighted by Gasteiger charge is 2.31. The summed E-state index contributed by atoms with van der Waals surface area (Å²) < 4.78 is 65.1. The highest BCUT2D eigenvalue weighted by molar-refractivity contribution is 7.89. The van der Waals surface area contributed by atoms with E-state index in [0.29, 0.717) is 0 Å². The van der Waals surface area contributed by atoms with Crippen LogP contribution in [0.25, 0.3) is 0 Å². The third-order valence-corrected chi connectivity index (χ3v) is 4.96. The van der Waals surface area contributed by atoms with Crippen LogP contribution in [0.15, 0.2) is 71.6 Å². The Morgan fingerprint density at radius 1 is 1.04 bits per heavy atom. The smallest absolute Gasteiger partial charge is 0.416 e. The summed E-state index contributed by atoms with van der Waals surface area (Å²) >= 11 is 0. The van der Waals surface area contributed by atoms with Gasteiger partial charge in [-0.05, 0) is 29.8 Å². The molecule has 0 aliphatic carbocycles.